The minimum absolute atomic E-state index is 0.122. The number of nitrogens with zero attached hydrogens (tertiary/aromatic N) is 4. The summed E-state index contributed by atoms with van der Waals surface area (Å²) in [6.45, 7) is 8.70. The average Bonchev–Trinajstić information content (AvgIpc) is 3.50. The molecule has 0 spiro atoms. The summed E-state index contributed by atoms with van der Waals surface area (Å²) in [5, 5.41) is 3.02. The van der Waals surface area contributed by atoms with Gasteiger partial charge in [-0.15, -0.1) is 11.3 Å². The maximum Gasteiger partial charge on any atom is 0.319 e. The van der Waals surface area contributed by atoms with Crippen molar-refractivity contribution in [3.05, 3.63) is 34.9 Å². The van der Waals surface area contributed by atoms with Crippen LogP contribution in [-0.4, -0.2) is 60.6 Å². The number of morpholine rings is 1. The molecule has 2 atom stereocenters. The Morgan fingerprint density at radius 1 is 1.16 bits per heavy atom. The molecule has 32 heavy (non-hydrogen) atoms. The van der Waals surface area contributed by atoms with E-state index in [0.29, 0.717) is 31.7 Å². The monoisotopic (exact) mass is 454 g/mol. The van der Waals surface area contributed by atoms with Crippen molar-refractivity contribution in [1.82, 2.24) is 15.0 Å². The van der Waals surface area contributed by atoms with Gasteiger partial charge in [0.25, 0.3) is 0 Å². The van der Waals surface area contributed by atoms with Crippen LogP contribution in [0.25, 0.3) is 16.3 Å². The Morgan fingerprint density at radius 3 is 2.81 bits per heavy atom. The zero-order valence-corrected chi connectivity index (χ0v) is 19.6. The van der Waals surface area contributed by atoms with Crippen LogP contribution in [-0.2, 0) is 9.47 Å². The van der Waals surface area contributed by atoms with Crippen molar-refractivity contribution >= 4 is 22.7 Å². The third-order valence-electron chi connectivity index (χ3n) is 5.99. The molecule has 0 radical (unpaired) electrons. The molecule has 2 fully saturated rings. The van der Waals surface area contributed by atoms with E-state index in [-0.39, 0.29) is 6.10 Å². The first-order valence-corrected chi connectivity index (χ1v) is 12.3. The number of rotatable bonds is 6. The molecule has 0 amide bonds. The molecule has 2 aromatic rings. The first-order chi connectivity index (χ1) is 15.6. The van der Waals surface area contributed by atoms with Crippen LogP contribution in [0.5, 0.6) is 6.01 Å². The van der Waals surface area contributed by atoms with Crippen molar-refractivity contribution in [3.63, 3.8) is 0 Å². The van der Waals surface area contributed by atoms with Crippen molar-refractivity contribution < 1.29 is 14.2 Å². The number of hydrogen-bond donors (Lipinski definition) is 0. The molecule has 2 unspecified atom stereocenters. The smallest absolute Gasteiger partial charge is 0.319 e. The van der Waals surface area contributed by atoms with Crippen LogP contribution in [0, 0.1) is 5.92 Å². The molecule has 170 valence electrons. The Hall–Kier alpha value is -2.29. The molecule has 0 aromatic carbocycles. The number of aromatic nitrogens is 3. The largest absolute Gasteiger partial charge is 0.461 e. The summed E-state index contributed by atoms with van der Waals surface area (Å²) in [7, 11) is 0. The summed E-state index contributed by atoms with van der Waals surface area (Å²) in [5.41, 5.74) is 4.43. The highest BCUT2D eigenvalue weighted by Crippen LogP contribution is 2.34. The fourth-order valence-corrected chi connectivity index (χ4v) is 5.24. The molecule has 0 saturated carbocycles. The Morgan fingerprint density at radius 2 is 2.03 bits per heavy atom. The highest BCUT2D eigenvalue weighted by molar-refractivity contribution is 7.13. The molecular formula is C24H30N4O3S. The zero-order chi connectivity index (χ0) is 21.9. The van der Waals surface area contributed by atoms with Crippen LogP contribution >= 0.6 is 11.3 Å². The van der Waals surface area contributed by atoms with Crippen molar-refractivity contribution in [2.75, 3.05) is 44.4 Å². The van der Waals surface area contributed by atoms with E-state index in [0.717, 1.165) is 61.2 Å². The number of anilines is 1. The normalized spacial score (nSPS) is 23.8. The van der Waals surface area contributed by atoms with Crippen molar-refractivity contribution in [2.24, 2.45) is 5.92 Å². The standard InChI is InChI=1S/C24H30N4O3S/c1-16-10-17(2)12-18(11-16)21-15-32-23(25-21)20-13-22(28-5-8-29-9-6-28)27-24(26-20)31-14-19-4-3-7-30-19/h10-11,13,15,17,19H,3-9,12,14H2,1-2H3. The molecular weight excluding hydrogens is 424 g/mol. The highest BCUT2D eigenvalue weighted by Gasteiger charge is 2.21. The Labute approximate surface area is 193 Å². The van der Waals surface area contributed by atoms with Crippen molar-refractivity contribution in [1.29, 1.82) is 0 Å². The van der Waals surface area contributed by atoms with Gasteiger partial charge in [0.05, 0.1) is 25.0 Å². The van der Waals surface area contributed by atoms with E-state index in [1.807, 2.05) is 6.07 Å². The van der Waals surface area contributed by atoms with E-state index in [1.165, 1.54) is 11.1 Å². The lowest BCUT2D eigenvalue weighted by molar-refractivity contribution is 0.0645. The molecule has 2 aromatic heterocycles. The molecule has 2 saturated heterocycles. The van der Waals surface area contributed by atoms with Gasteiger partial charge in [-0.1, -0.05) is 24.6 Å². The number of thiazole rings is 1. The lowest BCUT2D eigenvalue weighted by Gasteiger charge is -2.28. The van der Waals surface area contributed by atoms with Crippen molar-refractivity contribution in [2.45, 2.75) is 39.2 Å². The van der Waals surface area contributed by atoms with E-state index in [1.54, 1.807) is 11.3 Å². The van der Waals surface area contributed by atoms with Crippen LogP contribution in [0.3, 0.4) is 0 Å². The maximum atomic E-state index is 5.99. The molecule has 8 heteroatoms. The van der Waals surface area contributed by atoms with Crippen LogP contribution in [0.4, 0.5) is 5.82 Å². The van der Waals surface area contributed by atoms with Gasteiger partial charge < -0.3 is 19.1 Å². The second-order valence-electron chi connectivity index (χ2n) is 8.74. The fraction of sp³-hybridized carbons (Fsp3) is 0.542. The van der Waals surface area contributed by atoms with Gasteiger partial charge in [0.1, 0.15) is 23.1 Å². The van der Waals surface area contributed by atoms with E-state index in [9.17, 15) is 0 Å². The number of hydrogen-bond acceptors (Lipinski definition) is 8. The Kier molecular flexibility index (Phi) is 6.52. The minimum atomic E-state index is 0.122. The second-order valence-corrected chi connectivity index (χ2v) is 9.60. The summed E-state index contributed by atoms with van der Waals surface area (Å²) in [6, 6.07) is 2.41. The predicted molar refractivity (Wildman–Crippen MR) is 126 cm³/mol. The lowest BCUT2D eigenvalue weighted by atomic mass is 9.91. The molecule has 2 aliphatic heterocycles. The molecule has 0 bridgehead atoms. The van der Waals surface area contributed by atoms with Gasteiger partial charge in [-0.2, -0.15) is 9.97 Å². The molecule has 1 aliphatic carbocycles. The highest BCUT2D eigenvalue weighted by atomic mass is 32.1. The van der Waals surface area contributed by atoms with Crippen LogP contribution < -0.4 is 9.64 Å². The van der Waals surface area contributed by atoms with Gasteiger partial charge >= 0.3 is 6.01 Å². The summed E-state index contributed by atoms with van der Waals surface area (Å²) in [5.74, 6) is 1.40. The lowest BCUT2D eigenvalue weighted by Crippen LogP contribution is -2.36. The Bertz CT molecular complexity index is 1010. The van der Waals surface area contributed by atoms with Crippen LogP contribution in [0.1, 0.15) is 38.8 Å². The van der Waals surface area contributed by atoms with E-state index >= 15 is 0 Å². The van der Waals surface area contributed by atoms with Gasteiger partial charge in [-0.05, 0) is 37.7 Å². The summed E-state index contributed by atoms with van der Waals surface area (Å²) in [4.78, 5) is 16.6. The first-order valence-electron chi connectivity index (χ1n) is 11.5. The van der Waals surface area contributed by atoms with E-state index in [2.05, 4.69) is 36.3 Å². The predicted octanol–water partition coefficient (Wildman–Crippen LogP) is 4.36. The fourth-order valence-electron chi connectivity index (χ4n) is 4.44. The minimum Gasteiger partial charge on any atom is -0.461 e. The van der Waals surface area contributed by atoms with E-state index < -0.39 is 0 Å². The van der Waals surface area contributed by atoms with Crippen molar-refractivity contribution in [3.8, 4) is 16.7 Å². The molecule has 0 N–H and O–H groups in total. The van der Waals surface area contributed by atoms with Gasteiger partial charge in [0.15, 0.2) is 0 Å². The van der Waals surface area contributed by atoms with Gasteiger partial charge in [0.2, 0.25) is 0 Å². The third-order valence-corrected chi connectivity index (χ3v) is 6.86. The maximum absolute atomic E-state index is 5.99. The topological polar surface area (TPSA) is 69.6 Å². The Balaban J connectivity index is 1.42. The molecule has 5 rings (SSSR count). The SMILES string of the molecule is CC1=CC(C)CC(c2csc(-c3cc(N4CCOCC4)nc(OCC4CCCO4)n3)n2)=C1. The zero-order valence-electron chi connectivity index (χ0n) is 18.7. The van der Waals surface area contributed by atoms with Crippen LogP contribution in [0.2, 0.25) is 0 Å². The third kappa shape index (κ3) is 5.03. The summed E-state index contributed by atoms with van der Waals surface area (Å²) in [6.07, 6.45) is 7.80. The van der Waals surface area contributed by atoms with Crippen LogP contribution in [0.15, 0.2) is 29.2 Å². The quantitative estimate of drug-likeness (QED) is 0.642. The van der Waals surface area contributed by atoms with Gasteiger partial charge in [-0.25, -0.2) is 4.98 Å². The second kappa shape index (κ2) is 9.68. The first kappa shape index (κ1) is 21.6. The summed E-state index contributed by atoms with van der Waals surface area (Å²) < 4.78 is 17.2. The molecule has 7 nitrogen and oxygen atoms in total. The van der Waals surface area contributed by atoms with E-state index in [4.69, 9.17) is 29.2 Å². The molecule has 4 heterocycles. The van der Waals surface area contributed by atoms with Gasteiger partial charge in [0, 0.05) is 31.1 Å². The number of allylic oxidation sites excluding steroid dienone is 4. The summed E-state index contributed by atoms with van der Waals surface area (Å²) >= 11 is 1.62. The van der Waals surface area contributed by atoms with Gasteiger partial charge in [-0.3, -0.25) is 0 Å². The number of ether oxygens (including phenoxy) is 3. The average molecular weight is 455 g/mol. The molecule has 3 aliphatic rings.